The van der Waals surface area contributed by atoms with E-state index in [1.165, 1.54) is 24.3 Å². The standard InChI is InChI=1S/C18H19FN2O2/c1-11-3-4-13(9-12(11)2)10-16(17(20)22)21-18(23)14-5-7-15(19)8-6-14/h3-9,16H,10H2,1-2H3,(H2,20,22)(H,21,23)/t16-/m1/s1. The van der Waals surface area contributed by atoms with Crippen LogP contribution in [0.5, 0.6) is 0 Å². The molecule has 0 aromatic heterocycles. The number of aryl methyl sites for hydroxylation is 2. The van der Waals surface area contributed by atoms with Crippen LogP contribution in [0.4, 0.5) is 4.39 Å². The lowest BCUT2D eigenvalue weighted by molar-refractivity contribution is -0.119. The third-order valence-electron chi connectivity index (χ3n) is 3.77. The first-order chi connectivity index (χ1) is 10.9. The van der Waals surface area contributed by atoms with Crippen LogP contribution in [0, 0.1) is 19.7 Å². The second-order valence-electron chi connectivity index (χ2n) is 5.56. The molecule has 0 aliphatic carbocycles. The van der Waals surface area contributed by atoms with E-state index in [2.05, 4.69) is 5.32 Å². The second kappa shape index (κ2) is 7.05. The molecule has 2 aromatic rings. The number of rotatable bonds is 5. The lowest BCUT2D eigenvalue weighted by Gasteiger charge is -2.16. The van der Waals surface area contributed by atoms with Gasteiger partial charge in [0.15, 0.2) is 0 Å². The molecular formula is C18H19FN2O2. The van der Waals surface area contributed by atoms with E-state index >= 15 is 0 Å². The number of hydrogen-bond acceptors (Lipinski definition) is 2. The zero-order valence-electron chi connectivity index (χ0n) is 13.1. The summed E-state index contributed by atoms with van der Waals surface area (Å²) in [4.78, 5) is 23.8. The van der Waals surface area contributed by atoms with Crippen molar-refractivity contribution < 1.29 is 14.0 Å². The fraction of sp³-hybridized carbons (Fsp3) is 0.222. The number of carbonyl (C=O) groups excluding carboxylic acids is 2. The maximum atomic E-state index is 12.9. The molecule has 2 aromatic carbocycles. The molecule has 0 radical (unpaired) electrons. The first-order valence-electron chi connectivity index (χ1n) is 7.28. The van der Waals surface area contributed by atoms with Crippen molar-refractivity contribution in [2.24, 2.45) is 5.73 Å². The highest BCUT2D eigenvalue weighted by atomic mass is 19.1. The molecule has 1 atom stereocenters. The van der Waals surface area contributed by atoms with Gasteiger partial charge < -0.3 is 11.1 Å². The maximum absolute atomic E-state index is 12.9. The number of hydrogen-bond donors (Lipinski definition) is 2. The zero-order chi connectivity index (χ0) is 17.0. The van der Waals surface area contributed by atoms with E-state index < -0.39 is 23.7 Å². The number of carbonyl (C=O) groups is 2. The van der Waals surface area contributed by atoms with Crippen molar-refractivity contribution in [1.82, 2.24) is 5.32 Å². The molecule has 0 unspecified atom stereocenters. The van der Waals surface area contributed by atoms with Crippen molar-refractivity contribution in [3.63, 3.8) is 0 Å². The Balaban J connectivity index is 2.12. The number of primary amides is 1. The molecule has 0 aliphatic heterocycles. The summed E-state index contributed by atoms with van der Waals surface area (Å²) in [5.41, 5.74) is 8.84. The molecule has 0 bridgehead atoms. The largest absolute Gasteiger partial charge is 0.368 e. The number of amides is 2. The van der Waals surface area contributed by atoms with E-state index in [1.807, 2.05) is 32.0 Å². The Labute approximate surface area is 134 Å². The predicted molar refractivity (Wildman–Crippen MR) is 86.5 cm³/mol. The molecule has 0 aliphatic rings. The van der Waals surface area contributed by atoms with Gasteiger partial charge in [0.1, 0.15) is 11.9 Å². The van der Waals surface area contributed by atoms with Gasteiger partial charge in [-0.25, -0.2) is 4.39 Å². The van der Waals surface area contributed by atoms with Crippen LogP contribution in [0.2, 0.25) is 0 Å². The number of nitrogens with two attached hydrogens (primary N) is 1. The van der Waals surface area contributed by atoms with Crippen LogP contribution in [-0.4, -0.2) is 17.9 Å². The first-order valence-corrected chi connectivity index (χ1v) is 7.28. The van der Waals surface area contributed by atoms with Gasteiger partial charge in [0, 0.05) is 12.0 Å². The zero-order valence-corrected chi connectivity index (χ0v) is 13.1. The Hall–Kier alpha value is -2.69. The fourth-order valence-corrected chi connectivity index (χ4v) is 2.23. The monoisotopic (exact) mass is 314 g/mol. The summed E-state index contributed by atoms with van der Waals surface area (Å²) in [5, 5.41) is 2.60. The number of nitrogens with one attached hydrogen (secondary N) is 1. The molecule has 0 saturated heterocycles. The predicted octanol–water partition coefficient (Wildman–Crippen LogP) is 2.27. The smallest absolute Gasteiger partial charge is 0.251 e. The van der Waals surface area contributed by atoms with Gasteiger partial charge in [-0.1, -0.05) is 18.2 Å². The summed E-state index contributed by atoms with van der Waals surface area (Å²) in [6.07, 6.45) is 0.309. The van der Waals surface area contributed by atoms with Crippen LogP contribution in [0.25, 0.3) is 0 Å². The van der Waals surface area contributed by atoms with Crippen LogP contribution in [0.1, 0.15) is 27.0 Å². The molecule has 120 valence electrons. The quantitative estimate of drug-likeness (QED) is 0.888. The van der Waals surface area contributed by atoms with Gasteiger partial charge in [-0.2, -0.15) is 0 Å². The molecule has 2 amide bonds. The molecule has 0 spiro atoms. The molecule has 2 rings (SSSR count). The topological polar surface area (TPSA) is 72.2 Å². The third kappa shape index (κ3) is 4.39. The average Bonchev–Trinajstić information content (AvgIpc) is 2.50. The van der Waals surface area contributed by atoms with Crippen molar-refractivity contribution in [3.05, 3.63) is 70.5 Å². The molecule has 5 heteroatoms. The van der Waals surface area contributed by atoms with E-state index in [0.717, 1.165) is 16.7 Å². The Morgan fingerprint density at radius 2 is 1.74 bits per heavy atom. The minimum absolute atomic E-state index is 0.276. The summed E-state index contributed by atoms with van der Waals surface area (Å²) < 4.78 is 12.9. The number of benzene rings is 2. The Morgan fingerprint density at radius 1 is 1.09 bits per heavy atom. The first kappa shape index (κ1) is 16.7. The Morgan fingerprint density at radius 3 is 2.30 bits per heavy atom. The minimum atomic E-state index is -0.824. The van der Waals surface area contributed by atoms with Gasteiger partial charge in [-0.3, -0.25) is 9.59 Å². The van der Waals surface area contributed by atoms with E-state index in [1.54, 1.807) is 0 Å². The highest BCUT2D eigenvalue weighted by Crippen LogP contribution is 2.12. The molecule has 0 saturated carbocycles. The SMILES string of the molecule is Cc1ccc(C[C@@H](NC(=O)c2ccc(F)cc2)C(N)=O)cc1C. The van der Waals surface area contributed by atoms with E-state index in [0.29, 0.717) is 6.42 Å². The lowest BCUT2D eigenvalue weighted by atomic mass is 10.0. The number of halogens is 1. The second-order valence-corrected chi connectivity index (χ2v) is 5.56. The summed E-state index contributed by atoms with van der Waals surface area (Å²) in [6, 6.07) is 10.1. The van der Waals surface area contributed by atoms with Crippen molar-refractivity contribution in [2.45, 2.75) is 26.3 Å². The van der Waals surface area contributed by atoms with Gasteiger partial charge in [-0.15, -0.1) is 0 Å². The normalized spacial score (nSPS) is 11.8. The van der Waals surface area contributed by atoms with Gasteiger partial charge in [0.25, 0.3) is 5.91 Å². The molecule has 4 nitrogen and oxygen atoms in total. The third-order valence-corrected chi connectivity index (χ3v) is 3.77. The Kier molecular flexibility index (Phi) is 5.11. The highest BCUT2D eigenvalue weighted by Gasteiger charge is 2.19. The van der Waals surface area contributed by atoms with Gasteiger partial charge >= 0.3 is 0 Å². The van der Waals surface area contributed by atoms with Crippen LogP contribution in [0.15, 0.2) is 42.5 Å². The van der Waals surface area contributed by atoms with Crippen molar-refractivity contribution in [3.8, 4) is 0 Å². The van der Waals surface area contributed by atoms with Gasteiger partial charge in [-0.05, 0) is 54.8 Å². The van der Waals surface area contributed by atoms with Crippen LogP contribution >= 0.6 is 0 Å². The Bertz CT molecular complexity index is 726. The van der Waals surface area contributed by atoms with E-state index in [9.17, 15) is 14.0 Å². The van der Waals surface area contributed by atoms with Crippen molar-refractivity contribution in [1.29, 1.82) is 0 Å². The van der Waals surface area contributed by atoms with Crippen molar-refractivity contribution >= 4 is 11.8 Å². The molecule has 23 heavy (non-hydrogen) atoms. The molecule has 0 fully saturated rings. The summed E-state index contributed by atoms with van der Waals surface area (Å²) in [5.74, 6) is -1.50. The fourth-order valence-electron chi connectivity index (χ4n) is 2.23. The van der Waals surface area contributed by atoms with Gasteiger partial charge in [0.05, 0.1) is 0 Å². The highest BCUT2D eigenvalue weighted by molar-refractivity contribution is 5.97. The summed E-state index contributed by atoms with van der Waals surface area (Å²) in [7, 11) is 0. The van der Waals surface area contributed by atoms with Crippen LogP contribution in [0.3, 0.4) is 0 Å². The summed E-state index contributed by atoms with van der Waals surface area (Å²) in [6.45, 7) is 3.98. The van der Waals surface area contributed by atoms with E-state index in [4.69, 9.17) is 5.73 Å². The lowest BCUT2D eigenvalue weighted by Crippen LogP contribution is -2.45. The van der Waals surface area contributed by atoms with Crippen molar-refractivity contribution in [2.75, 3.05) is 0 Å². The van der Waals surface area contributed by atoms with E-state index in [-0.39, 0.29) is 5.56 Å². The van der Waals surface area contributed by atoms with Gasteiger partial charge in [0.2, 0.25) is 5.91 Å². The van der Waals surface area contributed by atoms with Crippen LogP contribution < -0.4 is 11.1 Å². The maximum Gasteiger partial charge on any atom is 0.251 e. The average molecular weight is 314 g/mol. The molecule has 3 N–H and O–H groups in total. The molecular weight excluding hydrogens is 295 g/mol. The van der Waals surface area contributed by atoms with Crippen LogP contribution in [-0.2, 0) is 11.2 Å². The minimum Gasteiger partial charge on any atom is -0.368 e. The summed E-state index contributed by atoms with van der Waals surface area (Å²) >= 11 is 0. The molecule has 0 heterocycles.